The number of anilines is 1. The van der Waals surface area contributed by atoms with Gasteiger partial charge in [-0.3, -0.25) is 5.01 Å². The van der Waals surface area contributed by atoms with Crippen LogP contribution >= 0.6 is 0 Å². The number of benzene rings is 3. The highest BCUT2D eigenvalue weighted by Crippen LogP contribution is 2.44. The Hall–Kier alpha value is -4.14. The van der Waals surface area contributed by atoms with E-state index in [4.69, 9.17) is 24.0 Å². The van der Waals surface area contributed by atoms with E-state index in [9.17, 15) is 13.2 Å². The highest BCUT2D eigenvalue weighted by Gasteiger charge is 2.34. The standard InChI is InChI=1S/C28H27F3N2O4/c1-34-24-12-5-8-18(26(24)36-3)14-15-20-17-23(22-11-7-13-25(35-2)27(22)37-4)33(32-20)21-10-6-9-19(16-21)28(29,30)31/h5-16,23H,17H2,1-4H3/b15-14+. The smallest absolute Gasteiger partial charge is 0.416 e. The predicted molar refractivity (Wildman–Crippen MR) is 137 cm³/mol. The minimum Gasteiger partial charge on any atom is -0.493 e. The van der Waals surface area contributed by atoms with Gasteiger partial charge in [0.2, 0.25) is 0 Å². The van der Waals surface area contributed by atoms with Crippen LogP contribution in [-0.2, 0) is 6.18 Å². The fraction of sp³-hybridized carbons (Fsp3) is 0.250. The van der Waals surface area contributed by atoms with Gasteiger partial charge in [-0.15, -0.1) is 0 Å². The molecule has 3 aromatic rings. The summed E-state index contributed by atoms with van der Waals surface area (Å²) in [6.07, 6.45) is -0.392. The van der Waals surface area contributed by atoms with Gasteiger partial charge in [-0.05, 0) is 42.5 Å². The van der Waals surface area contributed by atoms with Crippen molar-refractivity contribution in [3.05, 3.63) is 83.4 Å². The summed E-state index contributed by atoms with van der Waals surface area (Å²) in [6, 6.07) is 15.7. The summed E-state index contributed by atoms with van der Waals surface area (Å²) in [5.41, 5.74) is 1.74. The second-order valence-electron chi connectivity index (χ2n) is 8.20. The van der Waals surface area contributed by atoms with E-state index in [-0.39, 0.29) is 0 Å². The second kappa shape index (κ2) is 10.9. The lowest BCUT2D eigenvalue weighted by molar-refractivity contribution is -0.137. The van der Waals surface area contributed by atoms with Crippen LogP contribution in [0.5, 0.6) is 23.0 Å². The van der Waals surface area contributed by atoms with E-state index >= 15 is 0 Å². The molecule has 194 valence electrons. The minimum atomic E-state index is -4.48. The van der Waals surface area contributed by atoms with Crippen molar-refractivity contribution in [1.82, 2.24) is 0 Å². The van der Waals surface area contributed by atoms with Crippen LogP contribution in [0.15, 0.2) is 71.8 Å². The van der Waals surface area contributed by atoms with E-state index in [0.29, 0.717) is 40.8 Å². The van der Waals surface area contributed by atoms with Crippen LogP contribution in [0.3, 0.4) is 0 Å². The fourth-order valence-electron chi connectivity index (χ4n) is 4.34. The van der Waals surface area contributed by atoms with E-state index in [1.54, 1.807) is 37.4 Å². The average Bonchev–Trinajstić information content (AvgIpc) is 3.34. The molecule has 9 heteroatoms. The topological polar surface area (TPSA) is 52.5 Å². The number of allylic oxidation sites excluding steroid dienone is 1. The molecule has 0 saturated carbocycles. The molecular weight excluding hydrogens is 485 g/mol. The Kier molecular flexibility index (Phi) is 7.61. The average molecular weight is 513 g/mol. The zero-order chi connectivity index (χ0) is 26.6. The van der Waals surface area contributed by atoms with Crippen molar-refractivity contribution in [1.29, 1.82) is 0 Å². The number of hydrazone groups is 1. The van der Waals surface area contributed by atoms with Crippen molar-refractivity contribution in [2.75, 3.05) is 33.4 Å². The Morgan fingerprint density at radius 1 is 0.811 bits per heavy atom. The molecule has 6 nitrogen and oxygen atoms in total. The first kappa shape index (κ1) is 25.9. The Bertz CT molecular complexity index is 1320. The summed E-state index contributed by atoms with van der Waals surface area (Å²) in [5, 5.41) is 6.30. The van der Waals surface area contributed by atoms with Gasteiger partial charge >= 0.3 is 6.18 Å². The predicted octanol–water partition coefficient (Wildman–Crippen LogP) is 6.76. The highest BCUT2D eigenvalue weighted by atomic mass is 19.4. The van der Waals surface area contributed by atoms with Gasteiger partial charge in [0, 0.05) is 17.5 Å². The van der Waals surface area contributed by atoms with Crippen LogP contribution in [0.4, 0.5) is 18.9 Å². The summed E-state index contributed by atoms with van der Waals surface area (Å²) in [5.74, 6) is 2.18. The van der Waals surface area contributed by atoms with Gasteiger partial charge in [-0.25, -0.2) is 0 Å². The maximum absolute atomic E-state index is 13.5. The van der Waals surface area contributed by atoms with Crippen LogP contribution in [-0.4, -0.2) is 34.2 Å². The van der Waals surface area contributed by atoms with Crippen LogP contribution in [0.1, 0.15) is 29.2 Å². The molecule has 0 radical (unpaired) electrons. The first-order valence-corrected chi connectivity index (χ1v) is 11.4. The Morgan fingerprint density at radius 2 is 1.46 bits per heavy atom. The number of hydrogen-bond donors (Lipinski definition) is 0. The van der Waals surface area contributed by atoms with E-state index < -0.39 is 17.8 Å². The Labute approximate surface area is 213 Å². The molecule has 0 fully saturated rings. The van der Waals surface area contributed by atoms with Crippen molar-refractivity contribution in [2.24, 2.45) is 5.10 Å². The van der Waals surface area contributed by atoms with E-state index in [1.165, 1.54) is 20.3 Å². The van der Waals surface area contributed by atoms with E-state index in [0.717, 1.165) is 23.3 Å². The number of methoxy groups -OCH3 is 4. The monoisotopic (exact) mass is 512 g/mol. The molecule has 0 N–H and O–H groups in total. The van der Waals surface area contributed by atoms with Crippen molar-refractivity contribution in [2.45, 2.75) is 18.6 Å². The quantitative estimate of drug-likeness (QED) is 0.334. The van der Waals surface area contributed by atoms with Gasteiger partial charge < -0.3 is 18.9 Å². The first-order chi connectivity index (χ1) is 17.8. The largest absolute Gasteiger partial charge is 0.493 e. The molecule has 0 spiro atoms. The maximum Gasteiger partial charge on any atom is 0.416 e. The molecule has 3 aromatic carbocycles. The third-order valence-electron chi connectivity index (χ3n) is 6.05. The van der Waals surface area contributed by atoms with Crippen molar-refractivity contribution < 1.29 is 32.1 Å². The normalized spacial score (nSPS) is 15.6. The van der Waals surface area contributed by atoms with Gasteiger partial charge in [0.15, 0.2) is 23.0 Å². The molecule has 0 saturated heterocycles. The van der Waals surface area contributed by atoms with Gasteiger partial charge in [0.05, 0.1) is 51.4 Å². The van der Waals surface area contributed by atoms with E-state index in [2.05, 4.69) is 0 Å². The van der Waals surface area contributed by atoms with Gasteiger partial charge in [-0.2, -0.15) is 18.3 Å². The van der Waals surface area contributed by atoms with Crippen molar-refractivity contribution >= 4 is 17.5 Å². The highest BCUT2D eigenvalue weighted by molar-refractivity contribution is 6.01. The third kappa shape index (κ3) is 5.35. The SMILES string of the molecule is COc1cccc(/C=C/C2=NN(c3cccc(C(F)(F)F)c3)C(c3cccc(OC)c3OC)C2)c1OC. The van der Waals surface area contributed by atoms with E-state index in [1.807, 2.05) is 36.4 Å². The van der Waals surface area contributed by atoms with Crippen LogP contribution in [0.25, 0.3) is 6.08 Å². The molecule has 1 unspecified atom stereocenters. The summed E-state index contributed by atoms with van der Waals surface area (Å²) in [6.45, 7) is 0. The number of ether oxygens (including phenoxy) is 4. The molecule has 37 heavy (non-hydrogen) atoms. The summed E-state index contributed by atoms with van der Waals surface area (Å²) in [4.78, 5) is 0. The van der Waals surface area contributed by atoms with Gasteiger partial charge in [0.1, 0.15) is 0 Å². The fourth-order valence-corrected chi connectivity index (χ4v) is 4.34. The second-order valence-corrected chi connectivity index (χ2v) is 8.20. The molecule has 1 aliphatic heterocycles. The minimum absolute atomic E-state index is 0.312. The number of rotatable bonds is 8. The summed E-state index contributed by atoms with van der Waals surface area (Å²) < 4.78 is 62.4. The molecule has 0 aliphatic carbocycles. The van der Waals surface area contributed by atoms with Crippen LogP contribution in [0, 0.1) is 0 Å². The number of alkyl halides is 3. The molecule has 4 rings (SSSR count). The third-order valence-corrected chi connectivity index (χ3v) is 6.05. The molecule has 0 aromatic heterocycles. The zero-order valence-electron chi connectivity index (χ0n) is 20.9. The maximum atomic E-state index is 13.5. The van der Waals surface area contributed by atoms with Gasteiger partial charge in [-0.1, -0.05) is 30.3 Å². The van der Waals surface area contributed by atoms with Crippen molar-refractivity contribution in [3.63, 3.8) is 0 Å². The number of nitrogens with zero attached hydrogens (tertiary/aromatic N) is 2. The number of para-hydroxylation sites is 2. The Morgan fingerprint density at radius 3 is 2.11 bits per heavy atom. The van der Waals surface area contributed by atoms with Crippen LogP contribution < -0.4 is 24.0 Å². The lowest BCUT2D eigenvalue weighted by Crippen LogP contribution is -2.20. The molecule has 0 bridgehead atoms. The summed E-state index contributed by atoms with van der Waals surface area (Å²) in [7, 11) is 6.18. The zero-order valence-corrected chi connectivity index (χ0v) is 20.9. The Balaban J connectivity index is 1.78. The molecule has 0 amide bonds. The van der Waals surface area contributed by atoms with Crippen molar-refractivity contribution in [3.8, 4) is 23.0 Å². The molecule has 1 atom stereocenters. The number of hydrogen-bond acceptors (Lipinski definition) is 6. The number of halogens is 3. The molecule has 1 aliphatic rings. The molecular formula is C28H27F3N2O4. The molecule has 1 heterocycles. The lowest BCUT2D eigenvalue weighted by Gasteiger charge is -2.26. The van der Waals surface area contributed by atoms with Gasteiger partial charge in [0.25, 0.3) is 0 Å². The van der Waals surface area contributed by atoms with Crippen LogP contribution in [0.2, 0.25) is 0 Å². The summed E-state index contributed by atoms with van der Waals surface area (Å²) >= 11 is 0. The lowest BCUT2D eigenvalue weighted by atomic mass is 9.99. The first-order valence-electron chi connectivity index (χ1n) is 11.4.